The molecule has 1 aliphatic rings. The molecule has 27 heavy (non-hydrogen) atoms. The third-order valence-corrected chi connectivity index (χ3v) is 5.14. The Kier molecular flexibility index (Phi) is 5.50. The molecule has 4 nitrogen and oxygen atoms in total. The van der Waals surface area contributed by atoms with Crippen molar-refractivity contribution in [2.75, 3.05) is 6.61 Å². The monoisotopic (exact) mass is 418 g/mol. The maximum atomic E-state index is 13.4. The van der Waals surface area contributed by atoms with Crippen LogP contribution in [0.5, 0.6) is 5.75 Å². The summed E-state index contributed by atoms with van der Waals surface area (Å²) in [5, 5.41) is 12.4. The number of ether oxygens (including phenoxy) is 2. The number of halogens is 4. The quantitative estimate of drug-likeness (QED) is 0.728. The Morgan fingerprint density at radius 1 is 1.44 bits per heavy atom. The Morgan fingerprint density at radius 2 is 2.19 bits per heavy atom. The van der Waals surface area contributed by atoms with Gasteiger partial charge in [-0.3, -0.25) is 0 Å². The molecular formula is C18H14ClF3O4S. The first-order valence-electron chi connectivity index (χ1n) is 7.89. The Labute approximate surface area is 161 Å². The molecule has 2 atom stereocenters. The first kappa shape index (κ1) is 19.7. The Bertz CT molecular complexity index is 877. The molecule has 0 spiro atoms. The molecule has 2 heterocycles. The zero-order chi connectivity index (χ0) is 19.8. The summed E-state index contributed by atoms with van der Waals surface area (Å²) in [7, 11) is 0. The zero-order valence-electron chi connectivity index (χ0n) is 13.9. The van der Waals surface area contributed by atoms with Gasteiger partial charge in [-0.2, -0.15) is 13.2 Å². The predicted molar refractivity (Wildman–Crippen MR) is 94.9 cm³/mol. The number of aliphatic hydroxyl groups excluding tert-OH is 1. The number of fused-ring (bicyclic) bond motifs is 1. The lowest BCUT2D eigenvalue weighted by Gasteiger charge is -2.28. The van der Waals surface area contributed by atoms with E-state index in [1.807, 2.05) is 0 Å². The molecule has 1 aromatic carbocycles. The second kappa shape index (κ2) is 7.53. The molecule has 2 aromatic rings. The van der Waals surface area contributed by atoms with Crippen LogP contribution >= 0.6 is 22.9 Å². The fourth-order valence-corrected chi connectivity index (χ4v) is 3.67. The Morgan fingerprint density at radius 3 is 2.78 bits per heavy atom. The Hall–Kier alpha value is -2.03. The summed E-state index contributed by atoms with van der Waals surface area (Å²) in [6.07, 6.45) is -7.33. The van der Waals surface area contributed by atoms with Crippen molar-refractivity contribution in [2.24, 2.45) is 0 Å². The van der Waals surface area contributed by atoms with Crippen LogP contribution in [-0.2, 0) is 9.53 Å². The van der Waals surface area contributed by atoms with Gasteiger partial charge in [-0.1, -0.05) is 17.7 Å². The fourth-order valence-electron chi connectivity index (χ4n) is 2.67. The molecule has 2 unspecified atom stereocenters. The maximum absolute atomic E-state index is 13.4. The number of carbonyl (C=O) groups is 1. The van der Waals surface area contributed by atoms with Gasteiger partial charge in [0.15, 0.2) is 0 Å². The van der Waals surface area contributed by atoms with Crippen LogP contribution in [0.4, 0.5) is 13.2 Å². The highest BCUT2D eigenvalue weighted by Crippen LogP contribution is 2.42. The van der Waals surface area contributed by atoms with Crippen molar-refractivity contribution in [2.45, 2.75) is 25.3 Å². The van der Waals surface area contributed by atoms with Gasteiger partial charge in [0.2, 0.25) is 6.10 Å². The lowest BCUT2D eigenvalue weighted by molar-refractivity contribution is -0.187. The summed E-state index contributed by atoms with van der Waals surface area (Å²) in [4.78, 5) is 12.5. The van der Waals surface area contributed by atoms with E-state index in [9.17, 15) is 23.1 Å². The lowest BCUT2D eigenvalue weighted by Crippen LogP contribution is -2.40. The zero-order valence-corrected chi connectivity index (χ0v) is 15.5. The number of esters is 1. The van der Waals surface area contributed by atoms with Crippen molar-refractivity contribution in [1.82, 2.24) is 0 Å². The normalized spacial score (nSPS) is 17.6. The first-order valence-corrected chi connectivity index (χ1v) is 9.15. The van der Waals surface area contributed by atoms with Gasteiger partial charge in [-0.25, -0.2) is 4.79 Å². The molecule has 0 radical (unpaired) electrons. The van der Waals surface area contributed by atoms with Gasteiger partial charge in [0, 0.05) is 21.0 Å². The summed E-state index contributed by atoms with van der Waals surface area (Å²) >= 11 is 7.49. The van der Waals surface area contributed by atoms with E-state index in [1.54, 1.807) is 17.5 Å². The largest absolute Gasteiger partial charge is 0.475 e. The molecule has 1 N–H and O–H groups in total. The van der Waals surface area contributed by atoms with Gasteiger partial charge in [0.1, 0.15) is 11.9 Å². The van der Waals surface area contributed by atoms with Crippen LogP contribution in [-0.4, -0.2) is 30.0 Å². The molecule has 0 saturated carbocycles. The van der Waals surface area contributed by atoms with E-state index in [0.29, 0.717) is 4.88 Å². The minimum absolute atomic E-state index is 0.0691. The van der Waals surface area contributed by atoms with Crippen molar-refractivity contribution in [3.05, 3.63) is 56.2 Å². The van der Waals surface area contributed by atoms with E-state index in [4.69, 9.17) is 21.1 Å². The van der Waals surface area contributed by atoms with E-state index < -0.39 is 29.9 Å². The number of aliphatic hydroxyl groups is 1. The van der Waals surface area contributed by atoms with Crippen molar-refractivity contribution in [1.29, 1.82) is 0 Å². The van der Waals surface area contributed by atoms with Gasteiger partial charge in [-0.05, 0) is 36.6 Å². The fraction of sp³-hybridized carbons (Fsp3) is 0.278. The van der Waals surface area contributed by atoms with E-state index in [-0.39, 0.29) is 28.5 Å². The number of rotatable bonds is 4. The highest BCUT2D eigenvalue weighted by Gasteiger charge is 2.49. The standard InChI is InChI=1S/C18H14ClF3O4S/c1-2-25-17(24)11-6-9-7-12(19)10(15(23)14-4-3-5-27-14)8-13(9)26-16(11)18(20,21)22/h3-8,15-16,23H,2H2,1H3. The maximum Gasteiger partial charge on any atom is 0.430 e. The molecular weight excluding hydrogens is 405 g/mol. The molecule has 0 saturated heterocycles. The van der Waals surface area contributed by atoms with E-state index in [0.717, 1.165) is 6.08 Å². The van der Waals surface area contributed by atoms with Crippen LogP contribution in [0, 0.1) is 0 Å². The van der Waals surface area contributed by atoms with E-state index in [2.05, 4.69) is 0 Å². The minimum atomic E-state index is -4.82. The van der Waals surface area contributed by atoms with Gasteiger partial charge in [0.25, 0.3) is 0 Å². The molecule has 0 fully saturated rings. The lowest BCUT2D eigenvalue weighted by atomic mass is 9.98. The van der Waals surface area contributed by atoms with Crippen LogP contribution in [0.3, 0.4) is 0 Å². The molecule has 0 bridgehead atoms. The highest BCUT2D eigenvalue weighted by molar-refractivity contribution is 7.10. The van der Waals surface area contributed by atoms with Crippen LogP contribution in [0.25, 0.3) is 6.08 Å². The molecule has 0 amide bonds. The summed E-state index contributed by atoms with van der Waals surface area (Å²) in [6, 6.07) is 6.04. The summed E-state index contributed by atoms with van der Waals surface area (Å²) < 4.78 is 50.0. The molecule has 1 aromatic heterocycles. The first-order chi connectivity index (χ1) is 12.7. The number of benzene rings is 1. The van der Waals surface area contributed by atoms with E-state index >= 15 is 0 Å². The number of hydrogen-bond donors (Lipinski definition) is 1. The van der Waals surface area contributed by atoms with Crippen LogP contribution < -0.4 is 4.74 Å². The SMILES string of the molecule is CCOC(=O)C1=Cc2cc(Cl)c(C(O)c3cccs3)cc2OC1C(F)(F)F. The average Bonchev–Trinajstić information content (AvgIpc) is 3.13. The van der Waals surface area contributed by atoms with Crippen LogP contribution in [0.1, 0.15) is 29.0 Å². The second-order valence-electron chi connectivity index (χ2n) is 5.69. The number of thiophene rings is 1. The van der Waals surface area contributed by atoms with E-state index in [1.165, 1.54) is 30.4 Å². The van der Waals surface area contributed by atoms with Crippen molar-refractivity contribution in [3.8, 4) is 5.75 Å². The molecule has 1 aliphatic heterocycles. The molecule has 3 rings (SSSR count). The van der Waals surface area contributed by atoms with Gasteiger partial charge in [-0.15, -0.1) is 11.3 Å². The minimum Gasteiger partial charge on any atom is -0.475 e. The highest BCUT2D eigenvalue weighted by atomic mass is 35.5. The predicted octanol–water partition coefficient (Wildman–Crippen LogP) is 4.75. The van der Waals surface area contributed by atoms with Crippen molar-refractivity contribution >= 4 is 35.0 Å². The number of hydrogen-bond acceptors (Lipinski definition) is 5. The molecule has 9 heteroatoms. The third kappa shape index (κ3) is 3.97. The van der Waals surface area contributed by atoms with Gasteiger partial charge >= 0.3 is 12.1 Å². The van der Waals surface area contributed by atoms with Gasteiger partial charge in [0.05, 0.1) is 12.2 Å². The molecule has 144 valence electrons. The topological polar surface area (TPSA) is 55.8 Å². The van der Waals surface area contributed by atoms with Gasteiger partial charge < -0.3 is 14.6 Å². The number of carbonyl (C=O) groups excluding carboxylic acids is 1. The second-order valence-corrected chi connectivity index (χ2v) is 7.08. The van der Waals surface area contributed by atoms with Crippen LogP contribution in [0.2, 0.25) is 5.02 Å². The van der Waals surface area contributed by atoms with Crippen molar-refractivity contribution < 1.29 is 32.5 Å². The third-order valence-electron chi connectivity index (χ3n) is 3.88. The summed E-state index contributed by atoms with van der Waals surface area (Å²) in [5.41, 5.74) is -0.239. The van der Waals surface area contributed by atoms with Crippen molar-refractivity contribution in [3.63, 3.8) is 0 Å². The smallest absolute Gasteiger partial charge is 0.430 e. The molecule has 0 aliphatic carbocycles. The number of alkyl halides is 3. The average molecular weight is 419 g/mol. The Balaban J connectivity index is 2.06. The summed E-state index contributed by atoms with van der Waals surface area (Å²) in [6.45, 7) is 1.42. The van der Waals surface area contributed by atoms with Crippen LogP contribution in [0.15, 0.2) is 35.2 Å². The summed E-state index contributed by atoms with van der Waals surface area (Å²) in [5.74, 6) is -1.23.